The maximum Gasteiger partial charge on any atom is 0.247 e. The number of thiazole rings is 1. The molecular formula is C27H20N4O3S. The Balaban J connectivity index is 1.31. The van der Waals surface area contributed by atoms with E-state index < -0.39 is 0 Å². The third-order valence-electron chi connectivity index (χ3n) is 5.22. The molecule has 5 rings (SSSR count). The fourth-order valence-corrected chi connectivity index (χ4v) is 4.46. The number of aromatic nitrogens is 3. The number of ketones is 1. The first-order chi connectivity index (χ1) is 17.2. The molecule has 8 heteroatoms. The van der Waals surface area contributed by atoms with Gasteiger partial charge in [-0.15, -0.1) is 10.2 Å². The van der Waals surface area contributed by atoms with Gasteiger partial charge in [0.05, 0.1) is 5.69 Å². The van der Waals surface area contributed by atoms with Gasteiger partial charge < -0.3 is 9.73 Å². The number of nitrogens with one attached hydrogen (secondary N) is 1. The predicted molar refractivity (Wildman–Crippen MR) is 134 cm³/mol. The van der Waals surface area contributed by atoms with Crippen LogP contribution in [0.1, 0.15) is 27.5 Å². The van der Waals surface area contributed by atoms with Gasteiger partial charge in [-0.1, -0.05) is 90.2 Å². The van der Waals surface area contributed by atoms with Crippen molar-refractivity contribution in [2.24, 2.45) is 0 Å². The molecule has 0 saturated heterocycles. The first kappa shape index (κ1) is 22.4. The maximum absolute atomic E-state index is 13.2. The molecular weight excluding hydrogens is 460 g/mol. The van der Waals surface area contributed by atoms with Crippen molar-refractivity contribution in [3.8, 4) is 22.7 Å². The Bertz CT molecular complexity index is 1450. The number of aryl methyl sites for hydroxylation is 1. The van der Waals surface area contributed by atoms with Crippen LogP contribution in [-0.4, -0.2) is 26.9 Å². The minimum atomic E-state index is -0.253. The second kappa shape index (κ2) is 10.2. The zero-order valence-electron chi connectivity index (χ0n) is 18.5. The van der Waals surface area contributed by atoms with Crippen molar-refractivity contribution in [1.82, 2.24) is 15.2 Å². The Labute approximate surface area is 205 Å². The minimum Gasteiger partial charge on any atom is -0.421 e. The number of nitrogens with zero attached hydrogens (tertiary/aromatic N) is 3. The molecule has 0 fully saturated rings. The standard InChI is InChI=1S/C27H20N4O3S/c32-21(16-17-22-30-31-26(34-22)20-14-8-3-9-15-20)28-27-29-23(18-10-4-1-5-11-18)25(35-27)24(33)19-12-6-2-7-13-19/h1-15H,16-17H2,(H,28,29,32). The van der Waals surface area contributed by atoms with Crippen molar-refractivity contribution >= 4 is 28.2 Å². The number of carbonyl (C=O) groups excluding carboxylic acids is 2. The lowest BCUT2D eigenvalue weighted by atomic mass is 10.1. The Morgan fingerprint density at radius 1 is 0.800 bits per heavy atom. The highest BCUT2D eigenvalue weighted by Crippen LogP contribution is 2.33. The van der Waals surface area contributed by atoms with E-state index in [1.54, 1.807) is 12.1 Å². The lowest BCUT2D eigenvalue weighted by molar-refractivity contribution is -0.116. The van der Waals surface area contributed by atoms with Gasteiger partial charge in [-0.2, -0.15) is 0 Å². The summed E-state index contributed by atoms with van der Waals surface area (Å²) in [5, 5.41) is 11.3. The molecule has 0 saturated carbocycles. The molecule has 3 aromatic carbocycles. The molecule has 0 atom stereocenters. The van der Waals surface area contributed by atoms with E-state index >= 15 is 0 Å². The summed E-state index contributed by atoms with van der Waals surface area (Å²) in [5.74, 6) is 0.402. The van der Waals surface area contributed by atoms with Gasteiger partial charge in [0.2, 0.25) is 23.5 Å². The summed E-state index contributed by atoms with van der Waals surface area (Å²) in [5.41, 5.74) is 2.74. The molecule has 0 aliphatic rings. The van der Waals surface area contributed by atoms with E-state index in [0.29, 0.717) is 39.5 Å². The van der Waals surface area contributed by atoms with Gasteiger partial charge >= 0.3 is 0 Å². The topological polar surface area (TPSA) is 98.0 Å². The molecule has 1 amide bonds. The minimum absolute atomic E-state index is 0.137. The number of amides is 1. The van der Waals surface area contributed by atoms with Crippen molar-refractivity contribution < 1.29 is 14.0 Å². The fraction of sp³-hybridized carbons (Fsp3) is 0.0741. The molecule has 0 spiro atoms. The molecule has 172 valence electrons. The molecule has 35 heavy (non-hydrogen) atoms. The third-order valence-corrected chi connectivity index (χ3v) is 6.19. The fourth-order valence-electron chi connectivity index (χ4n) is 3.49. The molecule has 0 aliphatic heterocycles. The molecule has 7 nitrogen and oxygen atoms in total. The van der Waals surface area contributed by atoms with Crippen LogP contribution in [0.15, 0.2) is 95.4 Å². The van der Waals surface area contributed by atoms with E-state index in [2.05, 4.69) is 20.5 Å². The van der Waals surface area contributed by atoms with Crippen LogP contribution >= 0.6 is 11.3 Å². The summed E-state index contributed by atoms with van der Waals surface area (Å²) in [4.78, 5) is 30.9. The Morgan fingerprint density at radius 3 is 2.11 bits per heavy atom. The highest BCUT2D eigenvalue weighted by atomic mass is 32.1. The Kier molecular flexibility index (Phi) is 6.54. The van der Waals surface area contributed by atoms with Crippen molar-refractivity contribution in [3.63, 3.8) is 0 Å². The van der Waals surface area contributed by atoms with Crippen LogP contribution < -0.4 is 5.32 Å². The summed E-state index contributed by atoms with van der Waals surface area (Å²) in [6.07, 6.45) is 0.428. The van der Waals surface area contributed by atoms with Crippen LogP contribution in [0.25, 0.3) is 22.7 Å². The van der Waals surface area contributed by atoms with E-state index in [-0.39, 0.29) is 18.1 Å². The highest BCUT2D eigenvalue weighted by molar-refractivity contribution is 7.18. The van der Waals surface area contributed by atoms with Crippen molar-refractivity contribution in [2.75, 3.05) is 5.32 Å². The number of anilines is 1. The van der Waals surface area contributed by atoms with Crippen LogP contribution in [0.3, 0.4) is 0 Å². The smallest absolute Gasteiger partial charge is 0.247 e. The van der Waals surface area contributed by atoms with Gasteiger partial charge in [0.15, 0.2) is 5.13 Å². The molecule has 0 radical (unpaired) electrons. The van der Waals surface area contributed by atoms with E-state index in [0.717, 1.165) is 22.5 Å². The number of rotatable bonds is 8. The molecule has 0 aliphatic carbocycles. The number of carbonyl (C=O) groups is 2. The van der Waals surface area contributed by atoms with Crippen molar-refractivity contribution in [2.45, 2.75) is 12.8 Å². The van der Waals surface area contributed by atoms with Gasteiger partial charge in [-0.3, -0.25) is 9.59 Å². The van der Waals surface area contributed by atoms with Gasteiger partial charge in [-0.25, -0.2) is 4.98 Å². The zero-order valence-corrected chi connectivity index (χ0v) is 19.4. The molecule has 2 aromatic heterocycles. The third kappa shape index (κ3) is 5.23. The summed E-state index contributed by atoms with van der Waals surface area (Å²) < 4.78 is 5.67. The van der Waals surface area contributed by atoms with Gasteiger partial charge in [0.25, 0.3) is 0 Å². The summed E-state index contributed by atoms with van der Waals surface area (Å²) in [6, 6.07) is 27.9. The first-order valence-electron chi connectivity index (χ1n) is 11.0. The van der Waals surface area contributed by atoms with Crippen molar-refractivity contribution in [1.29, 1.82) is 0 Å². The SMILES string of the molecule is O=C(CCc1nnc(-c2ccccc2)o1)Nc1nc(-c2ccccc2)c(C(=O)c2ccccc2)s1. The second-order valence-corrected chi connectivity index (χ2v) is 8.67. The normalized spacial score (nSPS) is 10.7. The van der Waals surface area contributed by atoms with E-state index in [1.807, 2.05) is 78.9 Å². The molecule has 2 heterocycles. The van der Waals surface area contributed by atoms with Gasteiger partial charge in [-0.05, 0) is 12.1 Å². The molecule has 0 bridgehead atoms. The Morgan fingerprint density at radius 2 is 1.43 bits per heavy atom. The molecule has 1 N–H and O–H groups in total. The number of hydrogen-bond acceptors (Lipinski definition) is 7. The number of benzene rings is 3. The summed E-state index contributed by atoms with van der Waals surface area (Å²) in [7, 11) is 0. The average Bonchev–Trinajstić information content (AvgIpc) is 3.56. The van der Waals surface area contributed by atoms with E-state index in [9.17, 15) is 9.59 Å². The van der Waals surface area contributed by atoms with Crippen LogP contribution in [-0.2, 0) is 11.2 Å². The van der Waals surface area contributed by atoms with Crippen LogP contribution in [0, 0.1) is 0 Å². The van der Waals surface area contributed by atoms with Crippen LogP contribution in [0.2, 0.25) is 0 Å². The van der Waals surface area contributed by atoms with Crippen LogP contribution in [0.5, 0.6) is 0 Å². The molecule has 0 unspecified atom stereocenters. The van der Waals surface area contributed by atoms with Crippen LogP contribution in [0.4, 0.5) is 5.13 Å². The molecule has 5 aromatic rings. The average molecular weight is 481 g/mol. The van der Waals surface area contributed by atoms with Gasteiger partial charge in [0, 0.05) is 29.5 Å². The lowest BCUT2D eigenvalue weighted by Crippen LogP contribution is -2.12. The second-order valence-electron chi connectivity index (χ2n) is 7.67. The first-order valence-corrected chi connectivity index (χ1v) is 11.8. The highest BCUT2D eigenvalue weighted by Gasteiger charge is 2.22. The van der Waals surface area contributed by atoms with Gasteiger partial charge in [0.1, 0.15) is 4.88 Å². The lowest BCUT2D eigenvalue weighted by Gasteiger charge is -2.02. The van der Waals surface area contributed by atoms with E-state index in [4.69, 9.17) is 4.42 Å². The predicted octanol–water partition coefficient (Wildman–Crippen LogP) is 5.66. The Hall–Kier alpha value is -4.43. The van der Waals surface area contributed by atoms with E-state index in [1.165, 1.54) is 0 Å². The summed E-state index contributed by atoms with van der Waals surface area (Å²) in [6.45, 7) is 0. The number of hydrogen-bond donors (Lipinski definition) is 1. The largest absolute Gasteiger partial charge is 0.421 e. The zero-order chi connectivity index (χ0) is 24.0. The monoisotopic (exact) mass is 480 g/mol. The quantitative estimate of drug-likeness (QED) is 0.288. The maximum atomic E-state index is 13.2. The van der Waals surface area contributed by atoms with Crippen molar-refractivity contribution in [3.05, 3.63) is 107 Å². The summed E-state index contributed by atoms with van der Waals surface area (Å²) >= 11 is 1.16.